The number of hydrogen-bond acceptors (Lipinski definition) is 3. The Balaban J connectivity index is 1.67. The van der Waals surface area contributed by atoms with Crippen LogP contribution in [0.15, 0.2) is 72.3 Å². The van der Waals surface area contributed by atoms with E-state index in [0.717, 1.165) is 5.56 Å². The largest absolute Gasteiger partial charge is 0.488 e. The van der Waals surface area contributed by atoms with Crippen molar-refractivity contribution in [1.29, 1.82) is 0 Å². The number of fused-ring (bicyclic) bond motifs is 1. The van der Waals surface area contributed by atoms with Gasteiger partial charge in [-0.3, -0.25) is 9.59 Å². The smallest absolute Gasteiger partial charge is 0.197 e. The summed E-state index contributed by atoms with van der Waals surface area (Å²) in [7, 11) is 0. The molecule has 3 nitrogen and oxygen atoms in total. The molecule has 0 heterocycles. The summed E-state index contributed by atoms with van der Waals surface area (Å²) in [5.74, 6) is -0.0591. The molecule has 0 N–H and O–H groups in total. The van der Waals surface area contributed by atoms with Crippen molar-refractivity contribution in [3.8, 4) is 5.75 Å². The number of carbonyl (C=O) groups excluding carboxylic acids is 2. The second kappa shape index (κ2) is 7.63. The summed E-state index contributed by atoms with van der Waals surface area (Å²) in [6, 6.07) is 19.2. The van der Waals surface area contributed by atoms with Gasteiger partial charge in [0.25, 0.3) is 0 Å². The molecule has 0 saturated carbocycles. The lowest BCUT2D eigenvalue weighted by atomic mass is 10.1. The van der Waals surface area contributed by atoms with Crippen molar-refractivity contribution >= 4 is 40.8 Å². The van der Waals surface area contributed by atoms with E-state index in [2.05, 4.69) is 0 Å². The van der Waals surface area contributed by atoms with Gasteiger partial charge in [0.05, 0.1) is 5.57 Å². The van der Waals surface area contributed by atoms with Crippen LogP contribution in [0, 0.1) is 0 Å². The van der Waals surface area contributed by atoms with Crippen LogP contribution in [0.25, 0.3) is 6.08 Å². The Hall–Kier alpha value is -2.88. The Morgan fingerprint density at radius 1 is 0.786 bits per heavy atom. The molecule has 0 spiro atoms. The number of hydrogen-bond donors (Lipinski definition) is 0. The number of Topliss-reactive ketones (excluding diaryl/α,β-unsaturated/α-hetero) is 2. The van der Waals surface area contributed by atoms with Gasteiger partial charge in [-0.15, -0.1) is 0 Å². The molecule has 0 saturated heterocycles. The molecule has 1 aliphatic carbocycles. The molecule has 0 unspecified atom stereocenters. The number of ketones is 2. The predicted molar refractivity (Wildman–Crippen MR) is 110 cm³/mol. The Kier molecular flexibility index (Phi) is 5.03. The second-order valence-electron chi connectivity index (χ2n) is 6.36. The maximum atomic E-state index is 12.6. The van der Waals surface area contributed by atoms with Gasteiger partial charge in [0.2, 0.25) is 0 Å². The summed E-state index contributed by atoms with van der Waals surface area (Å²) in [4.78, 5) is 25.3. The first-order valence-corrected chi connectivity index (χ1v) is 9.35. The van der Waals surface area contributed by atoms with Gasteiger partial charge in [0.1, 0.15) is 12.4 Å². The summed E-state index contributed by atoms with van der Waals surface area (Å²) in [5, 5.41) is 1.11. The zero-order chi connectivity index (χ0) is 19.7. The Bertz CT molecular complexity index is 1100. The van der Waals surface area contributed by atoms with Crippen molar-refractivity contribution in [2.24, 2.45) is 0 Å². The fraction of sp³-hybridized carbons (Fsp3) is 0.0435. The van der Waals surface area contributed by atoms with E-state index >= 15 is 0 Å². The average Bonchev–Trinajstić information content (AvgIpc) is 2.93. The standard InChI is InChI=1S/C23H14Cl2O3/c24-16-5-3-4-14(10-16)13-28-21-9-8-17(25)11-15(21)12-20-22(26)18-6-1-2-7-19(18)23(20)27/h1-12H,13H2. The molecule has 3 aromatic carbocycles. The van der Waals surface area contributed by atoms with E-state index in [1.165, 1.54) is 0 Å². The van der Waals surface area contributed by atoms with Crippen molar-refractivity contribution in [2.45, 2.75) is 6.61 Å². The Morgan fingerprint density at radius 2 is 1.46 bits per heavy atom. The zero-order valence-corrected chi connectivity index (χ0v) is 16.1. The molecule has 5 heteroatoms. The van der Waals surface area contributed by atoms with Crippen molar-refractivity contribution in [2.75, 3.05) is 0 Å². The number of benzene rings is 3. The van der Waals surface area contributed by atoms with Gasteiger partial charge in [0.15, 0.2) is 11.6 Å². The summed E-state index contributed by atoms with van der Waals surface area (Å²) in [5.41, 5.74) is 2.42. The minimum absolute atomic E-state index is 0.107. The first-order chi connectivity index (χ1) is 13.5. The quantitative estimate of drug-likeness (QED) is 0.390. The van der Waals surface area contributed by atoms with Gasteiger partial charge in [-0.1, -0.05) is 59.6 Å². The van der Waals surface area contributed by atoms with Gasteiger partial charge in [-0.2, -0.15) is 0 Å². The first-order valence-electron chi connectivity index (χ1n) is 8.60. The van der Waals surface area contributed by atoms with Crippen LogP contribution in [0.1, 0.15) is 31.8 Å². The fourth-order valence-electron chi connectivity index (χ4n) is 3.11. The Morgan fingerprint density at radius 3 is 2.14 bits per heavy atom. The van der Waals surface area contributed by atoms with Crippen molar-refractivity contribution in [3.05, 3.63) is 105 Å². The van der Waals surface area contributed by atoms with Crippen molar-refractivity contribution < 1.29 is 14.3 Å². The minimum Gasteiger partial charge on any atom is -0.488 e. The van der Waals surface area contributed by atoms with Gasteiger partial charge in [-0.25, -0.2) is 0 Å². The lowest BCUT2D eigenvalue weighted by Crippen LogP contribution is -2.02. The molecule has 0 fully saturated rings. The maximum absolute atomic E-state index is 12.6. The van der Waals surface area contributed by atoms with Crippen LogP contribution in [-0.2, 0) is 6.61 Å². The third-order valence-electron chi connectivity index (χ3n) is 4.46. The maximum Gasteiger partial charge on any atom is 0.197 e. The summed E-state index contributed by atoms with van der Waals surface area (Å²) >= 11 is 12.1. The second-order valence-corrected chi connectivity index (χ2v) is 7.24. The van der Waals surface area contributed by atoms with Crippen LogP contribution in [0.4, 0.5) is 0 Å². The molecule has 0 amide bonds. The average molecular weight is 409 g/mol. The lowest BCUT2D eigenvalue weighted by molar-refractivity contribution is 0.0990. The fourth-order valence-corrected chi connectivity index (χ4v) is 3.50. The van der Waals surface area contributed by atoms with Crippen LogP contribution >= 0.6 is 23.2 Å². The van der Waals surface area contributed by atoms with E-state index in [1.807, 2.05) is 18.2 Å². The monoisotopic (exact) mass is 408 g/mol. The number of rotatable bonds is 4. The van der Waals surface area contributed by atoms with E-state index in [0.29, 0.717) is 39.1 Å². The van der Waals surface area contributed by atoms with E-state index in [1.54, 1.807) is 54.6 Å². The van der Waals surface area contributed by atoms with E-state index in [9.17, 15) is 9.59 Å². The molecule has 0 aromatic heterocycles. The first kappa shape index (κ1) is 18.5. The number of halogens is 2. The SMILES string of the molecule is O=C1C(=Cc2cc(Cl)ccc2OCc2cccc(Cl)c2)C(=O)c2ccccc21. The molecular weight excluding hydrogens is 395 g/mol. The summed E-state index contributed by atoms with van der Waals surface area (Å²) in [6.45, 7) is 0.292. The molecule has 0 aliphatic heterocycles. The normalized spacial score (nSPS) is 12.9. The molecule has 4 rings (SSSR count). The highest BCUT2D eigenvalue weighted by Crippen LogP contribution is 2.31. The zero-order valence-electron chi connectivity index (χ0n) is 14.6. The number of carbonyl (C=O) groups is 2. The molecule has 28 heavy (non-hydrogen) atoms. The highest BCUT2D eigenvalue weighted by atomic mass is 35.5. The predicted octanol–water partition coefficient (Wildman–Crippen LogP) is 6.04. The lowest BCUT2D eigenvalue weighted by Gasteiger charge is -2.10. The van der Waals surface area contributed by atoms with Crippen LogP contribution in [-0.4, -0.2) is 11.6 Å². The van der Waals surface area contributed by atoms with Crippen LogP contribution in [0.5, 0.6) is 5.75 Å². The minimum atomic E-state index is -0.290. The molecule has 1 aliphatic rings. The van der Waals surface area contributed by atoms with Crippen LogP contribution in [0.3, 0.4) is 0 Å². The van der Waals surface area contributed by atoms with E-state index in [4.69, 9.17) is 27.9 Å². The van der Waals surface area contributed by atoms with E-state index in [-0.39, 0.29) is 17.1 Å². The molecule has 138 valence electrons. The molecular formula is C23H14Cl2O3. The highest BCUT2D eigenvalue weighted by Gasteiger charge is 2.32. The van der Waals surface area contributed by atoms with Gasteiger partial charge >= 0.3 is 0 Å². The molecule has 0 radical (unpaired) electrons. The number of allylic oxidation sites excluding steroid dienone is 1. The van der Waals surface area contributed by atoms with Gasteiger partial charge in [-0.05, 0) is 42.0 Å². The van der Waals surface area contributed by atoms with Gasteiger partial charge < -0.3 is 4.74 Å². The van der Waals surface area contributed by atoms with Crippen LogP contribution in [0.2, 0.25) is 10.0 Å². The Labute approximate surface area is 172 Å². The third kappa shape index (κ3) is 3.59. The van der Waals surface area contributed by atoms with Crippen LogP contribution < -0.4 is 4.74 Å². The third-order valence-corrected chi connectivity index (χ3v) is 4.93. The molecule has 0 atom stereocenters. The molecule has 0 bridgehead atoms. The summed E-state index contributed by atoms with van der Waals surface area (Å²) < 4.78 is 5.91. The molecule has 3 aromatic rings. The highest BCUT2D eigenvalue weighted by molar-refractivity contribution is 6.41. The van der Waals surface area contributed by atoms with Gasteiger partial charge in [0, 0.05) is 26.7 Å². The summed E-state index contributed by atoms with van der Waals surface area (Å²) in [6.07, 6.45) is 1.55. The van der Waals surface area contributed by atoms with E-state index < -0.39 is 0 Å². The topological polar surface area (TPSA) is 43.4 Å². The number of ether oxygens (including phenoxy) is 1. The van der Waals surface area contributed by atoms with Crippen molar-refractivity contribution in [1.82, 2.24) is 0 Å². The van der Waals surface area contributed by atoms with Crippen molar-refractivity contribution in [3.63, 3.8) is 0 Å².